The van der Waals surface area contributed by atoms with Crippen LogP contribution in [0.1, 0.15) is 29.5 Å². The van der Waals surface area contributed by atoms with E-state index in [1.807, 2.05) is 42.5 Å². The first-order chi connectivity index (χ1) is 10.8. The number of hydrogen-bond donors (Lipinski definition) is 0. The van der Waals surface area contributed by atoms with Crippen LogP contribution in [0.2, 0.25) is 0 Å². The predicted octanol–water partition coefficient (Wildman–Crippen LogP) is 3.57. The highest BCUT2D eigenvalue weighted by Crippen LogP contribution is 2.41. The van der Waals surface area contributed by atoms with Crippen molar-refractivity contribution in [1.29, 1.82) is 0 Å². The quantitative estimate of drug-likeness (QED) is 0.640. The molecule has 22 heavy (non-hydrogen) atoms. The fourth-order valence-corrected chi connectivity index (χ4v) is 2.48. The number of rotatable bonds is 3. The Hall–Kier alpha value is -2.44. The maximum Gasteiger partial charge on any atom is 0.188 e. The summed E-state index contributed by atoms with van der Waals surface area (Å²) in [6.07, 6.45) is 0. The first kappa shape index (κ1) is 14.5. The molecule has 0 aromatic heterocycles. The molecule has 3 nitrogen and oxygen atoms in total. The molecule has 0 amide bonds. The van der Waals surface area contributed by atoms with Gasteiger partial charge < -0.3 is 14.2 Å². The fourth-order valence-electron chi connectivity index (χ4n) is 2.48. The Morgan fingerprint density at radius 1 is 1.14 bits per heavy atom. The van der Waals surface area contributed by atoms with E-state index < -0.39 is 0 Å². The van der Waals surface area contributed by atoms with E-state index in [-0.39, 0.29) is 6.79 Å². The third kappa shape index (κ3) is 3.08. The molecule has 0 saturated carbocycles. The fraction of sp³-hybridized carbons (Fsp3) is 0.263. The number of methoxy groups -OCH3 is 1. The van der Waals surface area contributed by atoms with Crippen molar-refractivity contribution in [3.8, 4) is 23.3 Å². The van der Waals surface area contributed by atoms with Crippen molar-refractivity contribution < 1.29 is 14.2 Å². The molecule has 1 heterocycles. The van der Waals surface area contributed by atoms with Gasteiger partial charge in [-0.05, 0) is 24.3 Å². The highest BCUT2D eigenvalue weighted by Gasteiger charge is 2.25. The van der Waals surface area contributed by atoms with Crippen LogP contribution in [-0.2, 0) is 4.74 Å². The molecule has 0 N–H and O–H groups in total. The zero-order chi connectivity index (χ0) is 15.4. The Morgan fingerprint density at radius 2 is 1.91 bits per heavy atom. The number of fused-ring (bicyclic) bond motifs is 1. The molecular formula is C19H18O3. The van der Waals surface area contributed by atoms with Gasteiger partial charge in [0.15, 0.2) is 6.79 Å². The minimum atomic E-state index is 0.217. The molecule has 1 aliphatic rings. The van der Waals surface area contributed by atoms with Gasteiger partial charge in [-0.25, -0.2) is 0 Å². The third-order valence-corrected chi connectivity index (χ3v) is 3.54. The van der Waals surface area contributed by atoms with Crippen molar-refractivity contribution in [2.45, 2.75) is 12.8 Å². The molecule has 0 radical (unpaired) electrons. The average Bonchev–Trinajstić information content (AvgIpc) is 2.93. The Kier molecular flexibility index (Phi) is 4.32. The Balaban J connectivity index is 1.95. The Bertz CT molecular complexity index is 711. The molecule has 0 aliphatic carbocycles. The van der Waals surface area contributed by atoms with Crippen LogP contribution in [0.5, 0.6) is 11.5 Å². The Labute approximate surface area is 130 Å². The molecular weight excluding hydrogens is 276 g/mol. The van der Waals surface area contributed by atoms with E-state index in [0.717, 1.165) is 28.2 Å². The lowest BCUT2D eigenvalue weighted by atomic mass is 10.0. The van der Waals surface area contributed by atoms with Gasteiger partial charge in [0.2, 0.25) is 0 Å². The van der Waals surface area contributed by atoms with Crippen molar-refractivity contribution >= 4 is 0 Å². The van der Waals surface area contributed by atoms with Gasteiger partial charge in [-0.1, -0.05) is 37.0 Å². The van der Waals surface area contributed by atoms with Crippen LogP contribution < -0.4 is 9.47 Å². The normalized spacial score (nSPS) is 15.5. The van der Waals surface area contributed by atoms with Gasteiger partial charge in [-0.2, -0.15) is 0 Å². The number of benzene rings is 2. The van der Waals surface area contributed by atoms with Crippen LogP contribution in [0.3, 0.4) is 0 Å². The topological polar surface area (TPSA) is 27.7 Å². The summed E-state index contributed by atoms with van der Waals surface area (Å²) in [5, 5.41) is 0. The first-order valence-electron chi connectivity index (χ1n) is 7.27. The van der Waals surface area contributed by atoms with Crippen molar-refractivity contribution in [3.05, 3.63) is 59.2 Å². The number of hydrogen-bond acceptors (Lipinski definition) is 3. The maximum absolute atomic E-state index is 5.74. The van der Waals surface area contributed by atoms with Crippen LogP contribution in [0, 0.1) is 11.8 Å². The van der Waals surface area contributed by atoms with Crippen LogP contribution in [-0.4, -0.2) is 20.5 Å². The molecule has 2 aromatic rings. The molecule has 0 saturated heterocycles. The van der Waals surface area contributed by atoms with E-state index >= 15 is 0 Å². The van der Waals surface area contributed by atoms with Gasteiger partial charge in [0.1, 0.15) is 11.5 Å². The molecule has 0 spiro atoms. The van der Waals surface area contributed by atoms with Gasteiger partial charge >= 0.3 is 0 Å². The van der Waals surface area contributed by atoms with E-state index in [1.165, 1.54) is 0 Å². The molecule has 1 aliphatic heterocycles. The second-order valence-corrected chi connectivity index (χ2v) is 5.27. The summed E-state index contributed by atoms with van der Waals surface area (Å²) in [4.78, 5) is 0. The van der Waals surface area contributed by atoms with E-state index in [1.54, 1.807) is 7.11 Å². The standard InChI is InChI=1S/C19H18O3/c1-14-12-21-17-10-16(9-8-15-6-4-3-5-7-15)11-18(19(14)17)22-13-20-2/h3-7,10-11,14H,12-13H2,1-2H3. The van der Waals surface area contributed by atoms with Crippen LogP contribution in [0.15, 0.2) is 42.5 Å². The minimum absolute atomic E-state index is 0.217. The van der Waals surface area contributed by atoms with E-state index in [0.29, 0.717) is 12.5 Å². The van der Waals surface area contributed by atoms with Crippen LogP contribution >= 0.6 is 0 Å². The van der Waals surface area contributed by atoms with Gasteiger partial charge in [0.25, 0.3) is 0 Å². The lowest BCUT2D eigenvalue weighted by Gasteiger charge is -2.11. The zero-order valence-electron chi connectivity index (χ0n) is 12.8. The molecule has 112 valence electrons. The van der Waals surface area contributed by atoms with Crippen LogP contribution in [0.4, 0.5) is 0 Å². The minimum Gasteiger partial charge on any atom is -0.492 e. The van der Waals surface area contributed by atoms with E-state index in [2.05, 4.69) is 18.8 Å². The molecule has 0 fully saturated rings. The van der Waals surface area contributed by atoms with E-state index in [9.17, 15) is 0 Å². The predicted molar refractivity (Wildman–Crippen MR) is 85.3 cm³/mol. The van der Waals surface area contributed by atoms with Gasteiger partial charge in [-0.3, -0.25) is 0 Å². The summed E-state index contributed by atoms with van der Waals surface area (Å²) >= 11 is 0. The lowest BCUT2D eigenvalue weighted by Crippen LogP contribution is -2.02. The summed E-state index contributed by atoms with van der Waals surface area (Å²) in [5.41, 5.74) is 2.96. The molecule has 3 heteroatoms. The summed E-state index contributed by atoms with van der Waals surface area (Å²) in [7, 11) is 1.61. The van der Waals surface area contributed by atoms with Crippen molar-refractivity contribution in [2.75, 3.05) is 20.5 Å². The largest absolute Gasteiger partial charge is 0.492 e. The summed E-state index contributed by atoms with van der Waals surface area (Å²) < 4.78 is 16.4. The summed E-state index contributed by atoms with van der Waals surface area (Å²) in [6.45, 7) is 3.02. The molecule has 1 unspecified atom stereocenters. The molecule has 3 rings (SSSR count). The van der Waals surface area contributed by atoms with Crippen molar-refractivity contribution in [2.24, 2.45) is 0 Å². The third-order valence-electron chi connectivity index (χ3n) is 3.54. The lowest BCUT2D eigenvalue weighted by molar-refractivity contribution is 0.0503. The smallest absolute Gasteiger partial charge is 0.188 e. The van der Waals surface area contributed by atoms with Gasteiger partial charge in [0, 0.05) is 29.7 Å². The average molecular weight is 294 g/mol. The Morgan fingerprint density at radius 3 is 2.68 bits per heavy atom. The highest BCUT2D eigenvalue weighted by atomic mass is 16.7. The zero-order valence-corrected chi connectivity index (χ0v) is 12.8. The second-order valence-electron chi connectivity index (χ2n) is 5.27. The van der Waals surface area contributed by atoms with Crippen LogP contribution in [0.25, 0.3) is 0 Å². The molecule has 1 atom stereocenters. The highest BCUT2D eigenvalue weighted by molar-refractivity contribution is 5.56. The van der Waals surface area contributed by atoms with Gasteiger partial charge in [0.05, 0.1) is 6.61 Å². The van der Waals surface area contributed by atoms with E-state index in [4.69, 9.17) is 14.2 Å². The summed E-state index contributed by atoms with van der Waals surface area (Å²) in [5.74, 6) is 8.30. The molecule has 0 bridgehead atoms. The maximum atomic E-state index is 5.74. The monoisotopic (exact) mass is 294 g/mol. The first-order valence-corrected chi connectivity index (χ1v) is 7.27. The van der Waals surface area contributed by atoms with Gasteiger partial charge in [-0.15, -0.1) is 0 Å². The molecule has 2 aromatic carbocycles. The summed E-state index contributed by atoms with van der Waals surface area (Å²) in [6, 6.07) is 13.8. The number of ether oxygens (including phenoxy) is 3. The van der Waals surface area contributed by atoms with Crippen molar-refractivity contribution in [3.63, 3.8) is 0 Å². The SMILES string of the molecule is COCOc1cc(C#Cc2ccccc2)cc2c1C(C)CO2. The second kappa shape index (κ2) is 6.55. The van der Waals surface area contributed by atoms with Crippen molar-refractivity contribution in [1.82, 2.24) is 0 Å².